The summed E-state index contributed by atoms with van der Waals surface area (Å²) in [5.74, 6) is 2.18. The number of rotatable bonds is 6. The SMILES string of the molecule is CC(C)(C)c1cc(C(C)(C)C)c2cc(OP(Oc3ccc4ccccc4c3)Oc3ccc4ccccc4c3)c(C(C)(C)C)cc2c1. The van der Waals surface area contributed by atoms with Crippen LogP contribution in [0.3, 0.4) is 0 Å². The first-order valence-corrected chi connectivity index (χ1v) is 17.2. The lowest BCUT2D eigenvalue weighted by atomic mass is 9.76. The van der Waals surface area contributed by atoms with Crippen LogP contribution in [0.15, 0.2) is 109 Å². The fourth-order valence-electron chi connectivity index (χ4n) is 5.86. The molecule has 0 atom stereocenters. The van der Waals surface area contributed by atoms with E-state index in [4.69, 9.17) is 13.6 Å². The molecule has 0 aliphatic rings. The van der Waals surface area contributed by atoms with E-state index in [1.54, 1.807) is 0 Å². The van der Waals surface area contributed by atoms with Crippen molar-refractivity contribution in [1.29, 1.82) is 0 Å². The molecule has 0 amide bonds. The van der Waals surface area contributed by atoms with Crippen LogP contribution in [0.2, 0.25) is 0 Å². The highest BCUT2D eigenvalue weighted by atomic mass is 31.2. The monoisotopic (exact) mass is 628 g/mol. The van der Waals surface area contributed by atoms with Crippen molar-refractivity contribution in [1.82, 2.24) is 0 Å². The van der Waals surface area contributed by atoms with Crippen LogP contribution in [0.25, 0.3) is 32.3 Å². The molecule has 46 heavy (non-hydrogen) atoms. The van der Waals surface area contributed by atoms with Gasteiger partial charge in [0.2, 0.25) is 0 Å². The number of hydrogen-bond donors (Lipinski definition) is 0. The van der Waals surface area contributed by atoms with Crippen LogP contribution in [0.5, 0.6) is 17.2 Å². The second-order valence-corrected chi connectivity index (χ2v) is 16.4. The van der Waals surface area contributed by atoms with Gasteiger partial charge in [0.15, 0.2) is 0 Å². The van der Waals surface area contributed by atoms with Crippen LogP contribution in [0.4, 0.5) is 0 Å². The topological polar surface area (TPSA) is 27.7 Å². The zero-order valence-corrected chi connectivity index (χ0v) is 29.5. The van der Waals surface area contributed by atoms with Gasteiger partial charge in [-0.05, 0) is 96.1 Å². The lowest BCUT2D eigenvalue weighted by Gasteiger charge is -2.29. The highest BCUT2D eigenvalue weighted by Gasteiger charge is 2.29. The van der Waals surface area contributed by atoms with Crippen LogP contribution < -0.4 is 13.6 Å². The van der Waals surface area contributed by atoms with Gasteiger partial charge in [-0.25, -0.2) is 0 Å². The minimum absolute atomic E-state index is 0.0287. The fraction of sp³-hybridized carbons (Fsp3) is 0.286. The molecule has 0 fully saturated rings. The van der Waals surface area contributed by atoms with Crippen LogP contribution in [-0.2, 0) is 16.2 Å². The second kappa shape index (κ2) is 11.9. The van der Waals surface area contributed by atoms with Gasteiger partial charge in [-0.2, -0.15) is 0 Å². The van der Waals surface area contributed by atoms with Gasteiger partial charge < -0.3 is 13.6 Å². The Morgan fingerprint density at radius 3 is 1.39 bits per heavy atom. The van der Waals surface area contributed by atoms with Gasteiger partial charge in [-0.1, -0.05) is 135 Å². The summed E-state index contributed by atoms with van der Waals surface area (Å²) in [7, 11) is -1.88. The van der Waals surface area contributed by atoms with Crippen molar-refractivity contribution in [3.05, 3.63) is 126 Å². The van der Waals surface area contributed by atoms with Crippen LogP contribution in [-0.4, -0.2) is 0 Å². The Morgan fingerprint density at radius 1 is 0.413 bits per heavy atom. The summed E-state index contributed by atoms with van der Waals surface area (Å²) in [4.78, 5) is 0. The van der Waals surface area contributed by atoms with Gasteiger partial charge in [0, 0.05) is 5.56 Å². The third-order valence-corrected chi connectivity index (χ3v) is 9.57. The summed E-state index contributed by atoms with van der Waals surface area (Å²) in [5, 5.41) is 6.94. The molecule has 6 aromatic rings. The van der Waals surface area contributed by atoms with Crippen molar-refractivity contribution >= 4 is 40.9 Å². The molecular formula is C42H45O3P. The molecule has 3 nitrogen and oxygen atoms in total. The number of hydrogen-bond acceptors (Lipinski definition) is 3. The second-order valence-electron chi connectivity index (χ2n) is 15.4. The maximum absolute atomic E-state index is 6.90. The van der Waals surface area contributed by atoms with Gasteiger partial charge >= 0.3 is 8.60 Å². The van der Waals surface area contributed by atoms with Gasteiger partial charge in [0.25, 0.3) is 0 Å². The third-order valence-electron chi connectivity index (χ3n) is 8.51. The van der Waals surface area contributed by atoms with Crippen molar-refractivity contribution in [2.24, 2.45) is 0 Å². The molecule has 6 aromatic carbocycles. The first kappa shape index (κ1) is 31.9. The smallest absolute Gasteiger partial charge is 0.408 e. The first-order valence-electron chi connectivity index (χ1n) is 16.1. The Kier molecular flexibility index (Phi) is 8.28. The van der Waals surface area contributed by atoms with Crippen molar-refractivity contribution in [2.75, 3.05) is 0 Å². The lowest BCUT2D eigenvalue weighted by molar-refractivity contribution is 0.383. The van der Waals surface area contributed by atoms with E-state index in [0.717, 1.165) is 32.9 Å². The average Bonchev–Trinajstić information content (AvgIpc) is 2.98. The van der Waals surface area contributed by atoms with Crippen LogP contribution >= 0.6 is 8.60 Å². The molecule has 0 aliphatic heterocycles. The normalized spacial score (nSPS) is 12.7. The number of fused-ring (bicyclic) bond motifs is 3. The maximum atomic E-state index is 6.90. The van der Waals surface area contributed by atoms with Gasteiger partial charge in [0.1, 0.15) is 17.2 Å². The van der Waals surface area contributed by atoms with E-state index in [0.29, 0.717) is 11.5 Å². The summed E-state index contributed by atoms with van der Waals surface area (Å²) < 4.78 is 20.1. The molecule has 0 N–H and O–H groups in total. The molecule has 0 spiro atoms. The van der Waals surface area contributed by atoms with Crippen molar-refractivity contribution < 1.29 is 13.6 Å². The van der Waals surface area contributed by atoms with Crippen molar-refractivity contribution in [3.8, 4) is 17.2 Å². The van der Waals surface area contributed by atoms with Gasteiger partial charge in [-0.3, -0.25) is 0 Å². The zero-order valence-electron chi connectivity index (χ0n) is 28.6. The Bertz CT molecular complexity index is 1960. The Morgan fingerprint density at radius 2 is 0.913 bits per heavy atom. The lowest BCUT2D eigenvalue weighted by Crippen LogP contribution is -2.18. The quantitative estimate of drug-likeness (QED) is 0.172. The Balaban J connectivity index is 1.48. The molecule has 0 unspecified atom stereocenters. The third kappa shape index (κ3) is 6.86. The molecule has 0 aliphatic carbocycles. The van der Waals surface area contributed by atoms with E-state index in [2.05, 4.69) is 135 Å². The maximum Gasteiger partial charge on any atom is 0.530 e. The molecule has 0 heterocycles. The summed E-state index contributed by atoms with van der Waals surface area (Å²) in [6.07, 6.45) is 0. The van der Waals surface area contributed by atoms with E-state index in [-0.39, 0.29) is 16.2 Å². The van der Waals surface area contributed by atoms with E-state index in [1.165, 1.54) is 21.9 Å². The van der Waals surface area contributed by atoms with Crippen LogP contribution in [0, 0.1) is 0 Å². The summed E-state index contributed by atoms with van der Waals surface area (Å²) >= 11 is 0. The largest absolute Gasteiger partial charge is 0.530 e. The molecule has 0 saturated carbocycles. The van der Waals surface area contributed by atoms with Gasteiger partial charge in [-0.15, -0.1) is 0 Å². The van der Waals surface area contributed by atoms with E-state index >= 15 is 0 Å². The van der Waals surface area contributed by atoms with E-state index < -0.39 is 8.60 Å². The molecule has 0 bridgehead atoms. The van der Waals surface area contributed by atoms with E-state index in [9.17, 15) is 0 Å². The first-order chi connectivity index (χ1) is 21.6. The van der Waals surface area contributed by atoms with Crippen molar-refractivity contribution in [2.45, 2.75) is 78.6 Å². The highest BCUT2D eigenvalue weighted by molar-refractivity contribution is 7.43. The highest BCUT2D eigenvalue weighted by Crippen LogP contribution is 2.48. The standard InChI is InChI=1S/C42H45O3P/c1-40(2,3)33-22-32-25-38(42(7,8)9)39(27-36(32)37(26-33)41(4,5)6)45-46(43-34-20-18-28-14-10-12-16-30(28)23-34)44-35-21-19-29-15-11-13-17-31(29)24-35/h10-27H,1-9H3. The predicted molar refractivity (Wildman–Crippen MR) is 197 cm³/mol. The molecule has 236 valence electrons. The van der Waals surface area contributed by atoms with Crippen LogP contribution in [0.1, 0.15) is 79.0 Å². The van der Waals surface area contributed by atoms with Gasteiger partial charge in [0.05, 0.1) is 0 Å². The van der Waals surface area contributed by atoms with E-state index in [1.807, 2.05) is 36.4 Å². The molecule has 6 rings (SSSR count). The number of benzene rings is 6. The average molecular weight is 629 g/mol. The minimum Gasteiger partial charge on any atom is -0.408 e. The minimum atomic E-state index is -1.88. The summed E-state index contributed by atoms with van der Waals surface area (Å²) in [5.41, 5.74) is 3.53. The summed E-state index contributed by atoms with van der Waals surface area (Å²) in [6, 6.07) is 38.1. The molecule has 4 heteroatoms. The summed E-state index contributed by atoms with van der Waals surface area (Å²) in [6.45, 7) is 20.4. The fourth-order valence-corrected chi connectivity index (χ4v) is 6.86. The zero-order chi connectivity index (χ0) is 32.9. The Labute approximate surface area is 275 Å². The molecule has 0 saturated heterocycles. The predicted octanol–water partition coefficient (Wildman–Crippen LogP) is 12.8. The molecular weight excluding hydrogens is 583 g/mol. The Hall–Kier alpha value is -4.07. The van der Waals surface area contributed by atoms with Crippen molar-refractivity contribution in [3.63, 3.8) is 0 Å². The molecule has 0 aromatic heterocycles. The molecule has 0 radical (unpaired) electrons.